The molecule has 2 aromatic carbocycles. The fourth-order valence-corrected chi connectivity index (χ4v) is 2.84. The van der Waals surface area contributed by atoms with Crippen molar-refractivity contribution in [2.75, 3.05) is 6.54 Å². The monoisotopic (exact) mass is 238 g/mol. The van der Waals surface area contributed by atoms with Gasteiger partial charge in [0.25, 0.3) is 0 Å². The van der Waals surface area contributed by atoms with E-state index < -0.39 is 0 Å². The van der Waals surface area contributed by atoms with Crippen molar-refractivity contribution in [1.82, 2.24) is 4.98 Å². The van der Waals surface area contributed by atoms with Gasteiger partial charge in [-0.05, 0) is 49.6 Å². The number of benzene rings is 2. The first kappa shape index (κ1) is 11.3. The molecular formula is C16H18N2. The van der Waals surface area contributed by atoms with Crippen molar-refractivity contribution in [2.24, 2.45) is 5.73 Å². The quantitative estimate of drug-likeness (QED) is 0.705. The number of fused-ring (bicyclic) bond motifs is 3. The van der Waals surface area contributed by atoms with Gasteiger partial charge in [-0.1, -0.05) is 24.3 Å². The maximum atomic E-state index is 5.70. The predicted octanol–water partition coefficient (Wildman–Crippen LogP) is 3.44. The van der Waals surface area contributed by atoms with Gasteiger partial charge in [0.05, 0.1) is 0 Å². The Kier molecular flexibility index (Phi) is 2.60. The summed E-state index contributed by atoms with van der Waals surface area (Å²) in [6, 6.07) is 10.8. The van der Waals surface area contributed by atoms with Crippen LogP contribution in [0.1, 0.15) is 16.7 Å². The van der Waals surface area contributed by atoms with Gasteiger partial charge in [-0.25, -0.2) is 0 Å². The molecular weight excluding hydrogens is 220 g/mol. The molecule has 1 heterocycles. The molecule has 2 heteroatoms. The van der Waals surface area contributed by atoms with Crippen molar-refractivity contribution >= 4 is 21.8 Å². The van der Waals surface area contributed by atoms with E-state index >= 15 is 0 Å². The average molecular weight is 238 g/mol. The number of hydrogen-bond acceptors (Lipinski definition) is 1. The van der Waals surface area contributed by atoms with E-state index in [0.717, 1.165) is 6.42 Å². The van der Waals surface area contributed by atoms with Gasteiger partial charge < -0.3 is 10.7 Å². The fraction of sp³-hybridized carbons (Fsp3) is 0.250. The Hall–Kier alpha value is -1.80. The number of aromatic nitrogens is 1. The van der Waals surface area contributed by atoms with Gasteiger partial charge in [0.15, 0.2) is 0 Å². The molecule has 0 aliphatic heterocycles. The van der Waals surface area contributed by atoms with Gasteiger partial charge >= 0.3 is 0 Å². The lowest BCUT2D eigenvalue weighted by Crippen LogP contribution is -2.04. The smallest absolute Gasteiger partial charge is 0.0497 e. The molecule has 3 rings (SSSR count). The van der Waals surface area contributed by atoms with Crippen LogP contribution >= 0.6 is 0 Å². The van der Waals surface area contributed by atoms with Crippen LogP contribution in [0.15, 0.2) is 30.3 Å². The highest BCUT2D eigenvalue weighted by molar-refractivity contribution is 6.10. The molecule has 0 aliphatic rings. The van der Waals surface area contributed by atoms with Crippen molar-refractivity contribution in [3.05, 3.63) is 47.0 Å². The van der Waals surface area contributed by atoms with E-state index in [1.807, 2.05) is 0 Å². The van der Waals surface area contributed by atoms with E-state index in [-0.39, 0.29) is 0 Å². The molecule has 1 aromatic heterocycles. The van der Waals surface area contributed by atoms with Crippen molar-refractivity contribution in [3.63, 3.8) is 0 Å². The van der Waals surface area contributed by atoms with Gasteiger partial charge in [0.2, 0.25) is 0 Å². The Bertz CT molecular complexity index is 723. The molecule has 0 spiro atoms. The molecule has 0 amide bonds. The number of hydrogen-bond donors (Lipinski definition) is 2. The highest BCUT2D eigenvalue weighted by atomic mass is 14.7. The van der Waals surface area contributed by atoms with Crippen LogP contribution < -0.4 is 5.73 Å². The molecule has 0 aliphatic carbocycles. The van der Waals surface area contributed by atoms with Crippen LogP contribution in [-0.2, 0) is 6.42 Å². The normalized spacial score (nSPS) is 11.5. The van der Waals surface area contributed by atoms with E-state index in [9.17, 15) is 0 Å². The van der Waals surface area contributed by atoms with Gasteiger partial charge in [0.1, 0.15) is 0 Å². The van der Waals surface area contributed by atoms with Crippen molar-refractivity contribution in [2.45, 2.75) is 20.3 Å². The summed E-state index contributed by atoms with van der Waals surface area (Å²) in [5.41, 5.74) is 12.2. The maximum absolute atomic E-state index is 5.70. The van der Waals surface area contributed by atoms with Crippen LogP contribution in [0.3, 0.4) is 0 Å². The minimum Gasteiger partial charge on any atom is -0.354 e. The molecule has 3 aromatic rings. The van der Waals surface area contributed by atoms with Gasteiger partial charge in [-0.3, -0.25) is 0 Å². The number of nitrogens with one attached hydrogen (secondary N) is 1. The van der Waals surface area contributed by atoms with Gasteiger partial charge in [-0.15, -0.1) is 0 Å². The maximum Gasteiger partial charge on any atom is 0.0497 e. The zero-order valence-corrected chi connectivity index (χ0v) is 10.9. The Morgan fingerprint density at radius 2 is 1.94 bits per heavy atom. The number of H-pyrrole nitrogens is 1. The largest absolute Gasteiger partial charge is 0.354 e. The summed E-state index contributed by atoms with van der Waals surface area (Å²) in [7, 11) is 0. The SMILES string of the molecule is Cc1cc(CCN)c(C)c2c1[nH]c1ccccc12. The highest BCUT2D eigenvalue weighted by Gasteiger charge is 2.11. The standard InChI is InChI=1S/C16H18N2/c1-10-9-12(7-8-17)11(2)15-13-5-3-4-6-14(13)18-16(10)15/h3-6,9,18H,7-8,17H2,1-2H3. The average Bonchev–Trinajstić information content (AvgIpc) is 2.76. The summed E-state index contributed by atoms with van der Waals surface area (Å²) in [6.45, 7) is 5.07. The van der Waals surface area contributed by atoms with E-state index in [1.54, 1.807) is 0 Å². The van der Waals surface area contributed by atoms with Crippen LogP contribution in [0, 0.1) is 13.8 Å². The molecule has 2 nitrogen and oxygen atoms in total. The third-order valence-corrected chi connectivity index (χ3v) is 3.76. The summed E-state index contributed by atoms with van der Waals surface area (Å²) < 4.78 is 0. The summed E-state index contributed by atoms with van der Waals surface area (Å²) in [6.07, 6.45) is 0.947. The third kappa shape index (κ3) is 1.53. The van der Waals surface area contributed by atoms with Crippen LogP contribution in [0.25, 0.3) is 21.8 Å². The Balaban J connectivity index is 2.46. The van der Waals surface area contributed by atoms with E-state index in [4.69, 9.17) is 5.73 Å². The number of aryl methyl sites for hydroxylation is 2. The number of nitrogens with two attached hydrogens (primary N) is 1. The molecule has 0 atom stereocenters. The van der Waals surface area contributed by atoms with Crippen LogP contribution in [-0.4, -0.2) is 11.5 Å². The summed E-state index contributed by atoms with van der Waals surface area (Å²) in [4.78, 5) is 3.53. The number of rotatable bonds is 2. The van der Waals surface area contributed by atoms with Gasteiger partial charge in [-0.2, -0.15) is 0 Å². The second kappa shape index (κ2) is 4.14. The van der Waals surface area contributed by atoms with Crippen LogP contribution in [0.5, 0.6) is 0 Å². The molecule has 18 heavy (non-hydrogen) atoms. The Morgan fingerprint density at radius 3 is 2.72 bits per heavy atom. The Morgan fingerprint density at radius 1 is 1.17 bits per heavy atom. The Labute approximate surface area is 107 Å². The summed E-state index contributed by atoms with van der Waals surface area (Å²) in [5.74, 6) is 0. The van der Waals surface area contributed by atoms with E-state index in [0.29, 0.717) is 6.54 Å². The van der Waals surface area contributed by atoms with Gasteiger partial charge in [0, 0.05) is 21.8 Å². The first-order valence-electron chi connectivity index (χ1n) is 6.42. The zero-order valence-electron chi connectivity index (χ0n) is 10.9. The summed E-state index contributed by atoms with van der Waals surface area (Å²) in [5, 5.41) is 2.67. The minimum absolute atomic E-state index is 0.703. The van der Waals surface area contributed by atoms with Crippen molar-refractivity contribution < 1.29 is 0 Å². The zero-order chi connectivity index (χ0) is 12.7. The first-order valence-corrected chi connectivity index (χ1v) is 6.42. The predicted molar refractivity (Wildman–Crippen MR) is 78.0 cm³/mol. The fourth-order valence-electron chi connectivity index (χ4n) is 2.84. The van der Waals surface area contributed by atoms with E-state index in [1.165, 1.54) is 38.5 Å². The van der Waals surface area contributed by atoms with Crippen molar-refractivity contribution in [1.29, 1.82) is 0 Å². The van der Waals surface area contributed by atoms with Crippen LogP contribution in [0.2, 0.25) is 0 Å². The molecule has 0 fully saturated rings. The lowest BCUT2D eigenvalue weighted by molar-refractivity contribution is 0.959. The molecule has 0 saturated carbocycles. The molecule has 0 bridgehead atoms. The topological polar surface area (TPSA) is 41.8 Å². The van der Waals surface area contributed by atoms with E-state index in [2.05, 4.69) is 49.2 Å². The van der Waals surface area contributed by atoms with Crippen molar-refractivity contribution in [3.8, 4) is 0 Å². The van der Waals surface area contributed by atoms with Crippen LogP contribution in [0.4, 0.5) is 0 Å². The molecule has 0 saturated heterocycles. The molecule has 0 unspecified atom stereocenters. The lowest BCUT2D eigenvalue weighted by atomic mass is 9.97. The molecule has 0 radical (unpaired) electrons. The molecule has 92 valence electrons. The first-order chi connectivity index (χ1) is 8.72. The third-order valence-electron chi connectivity index (χ3n) is 3.76. The number of para-hydroxylation sites is 1. The second-order valence-electron chi connectivity index (χ2n) is 4.94. The highest BCUT2D eigenvalue weighted by Crippen LogP contribution is 2.32. The minimum atomic E-state index is 0.703. The molecule has 3 N–H and O–H groups in total. The summed E-state index contributed by atoms with van der Waals surface area (Å²) >= 11 is 0. The number of aromatic amines is 1. The second-order valence-corrected chi connectivity index (χ2v) is 4.94. The lowest BCUT2D eigenvalue weighted by Gasteiger charge is -2.09.